The molecule has 6 nitrogen and oxygen atoms in total. The van der Waals surface area contributed by atoms with Gasteiger partial charge in [0.25, 0.3) is 0 Å². The number of nitrogens with zero attached hydrogens (tertiary/aromatic N) is 3. The number of likely N-dealkylation sites (N-methyl/N-ethyl adjacent to an activating group) is 1. The lowest BCUT2D eigenvalue weighted by Crippen LogP contribution is -2.44. The van der Waals surface area contributed by atoms with E-state index in [4.69, 9.17) is 4.52 Å². The Hall–Kier alpha value is -1.76. The Bertz CT molecular complexity index is 732. The van der Waals surface area contributed by atoms with E-state index >= 15 is 0 Å². The molecule has 136 valence electrons. The van der Waals surface area contributed by atoms with Gasteiger partial charge in [0, 0.05) is 38.0 Å². The van der Waals surface area contributed by atoms with Gasteiger partial charge >= 0.3 is 0 Å². The molecule has 25 heavy (non-hydrogen) atoms. The maximum Gasteiger partial charge on any atom is 0.227 e. The Morgan fingerprint density at radius 3 is 2.88 bits per heavy atom. The van der Waals surface area contributed by atoms with E-state index < -0.39 is 0 Å². The summed E-state index contributed by atoms with van der Waals surface area (Å²) >= 11 is 0. The van der Waals surface area contributed by atoms with Crippen LogP contribution in [0, 0.1) is 13.8 Å². The highest BCUT2D eigenvalue weighted by Gasteiger charge is 2.25. The third-order valence-electron chi connectivity index (χ3n) is 4.69. The monoisotopic (exact) mass is 364 g/mol. The normalized spacial score (nSPS) is 18.0. The second-order valence-corrected chi connectivity index (χ2v) is 6.47. The van der Waals surface area contributed by atoms with Crippen molar-refractivity contribution in [3.63, 3.8) is 0 Å². The van der Waals surface area contributed by atoms with E-state index in [1.165, 1.54) is 5.56 Å². The zero-order chi connectivity index (χ0) is 17.1. The second-order valence-electron chi connectivity index (χ2n) is 6.47. The maximum absolute atomic E-state index is 12.3. The topological polar surface area (TPSA) is 71.3 Å². The molecule has 1 fully saturated rings. The van der Waals surface area contributed by atoms with Crippen molar-refractivity contribution in [3.05, 3.63) is 46.6 Å². The van der Waals surface area contributed by atoms with Crippen LogP contribution in [0.3, 0.4) is 0 Å². The number of aryl methyl sites for hydroxylation is 3. The van der Waals surface area contributed by atoms with E-state index in [2.05, 4.69) is 27.4 Å². The Labute approximate surface area is 154 Å². The summed E-state index contributed by atoms with van der Waals surface area (Å²) in [4.78, 5) is 19.0. The maximum atomic E-state index is 12.3. The number of ketones is 1. The van der Waals surface area contributed by atoms with Crippen molar-refractivity contribution in [2.45, 2.75) is 32.7 Å². The van der Waals surface area contributed by atoms with Crippen LogP contribution in [0.2, 0.25) is 0 Å². The van der Waals surface area contributed by atoms with Crippen molar-refractivity contribution in [1.82, 2.24) is 20.4 Å². The molecule has 0 bridgehead atoms. The molecule has 7 heteroatoms. The number of carbonyl (C=O) groups excluding carboxylic acids is 1. The minimum atomic E-state index is 0. The lowest BCUT2D eigenvalue weighted by atomic mass is 10.0. The summed E-state index contributed by atoms with van der Waals surface area (Å²) in [5.74, 6) is 1.33. The minimum Gasteiger partial charge on any atom is -0.339 e. The van der Waals surface area contributed by atoms with E-state index in [1.54, 1.807) is 0 Å². The van der Waals surface area contributed by atoms with Gasteiger partial charge in [0.05, 0.1) is 6.04 Å². The molecule has 1 N–H and O–H groups in total. The van der Waals surface area contributed by atoms with Gasteiger partial charge in [0.15, 0.2) is 11.6 Å². The minimum absolute atomic E-state index is 0. The number of nitrogens with one attached hydrogen (secondary N) is 1. The van der Waals surface area contributed by atoms with Gasteiger partial charge in [-0.05, 0) is 38.1 Å². The SMILES string of the molecule is Cc1ccc(C(=O)CCc2nc(C3CNCCN3C)no2)cc1C.Cl. The van der Waals surface area contributed by atoms with Crippen LogP contribution in [0.4, 0.5) is 0 Å². The average molecular weight is 365 g/mol. The molecular formula is C18H25ClN4O2. The van der Waals surface area contributed by atoms with Crippen molar-refractivity contribution in [2.75, 3.05) is 26.7 Å². The van der Waals surface area contributed by atoms with Gasteiger partial charge < -0.3 is 9.84 Å². The van der Waals surface area contributed by atoms with Crippen LogP contribution >= 0.6 is 12.4 Å². The fourth-order valence-corrected chi connectivity index (χ4v) is 2.88. The van der Waals surface area contributed by atoms with E-state index in [9.17, 15) is 4.79 Å². The summed E-state index contributed by atoms with van der Waals surface area (Å²) in [6, 6.07) is 5.94. The van der Waals surface area contributed by atoms with Crippen LogP contribution in [0.25, 0.3) is 0 Å². The van der Waals surface area contributed by atoms with Crippen LogP contribution in [0.15, 0.2) is 22.7 Å². The van der Waals surface area contributed by atoms with Crippen LogP contribution in [0.5, 0.6) is 0 Å². The molecule has 1 aliphatic rings. The Kier molecular flexibility index (Phi) is 6.70. The van der Waals surface area contributed by atoms with Crippen molar-refractivity contribution < 1.29 is 9.32 Å². The predicted molar refractivity (Wildman–Crippen MR) is 98.4 cm³/mol. The van der Waals surface area contributed by atoms with Gasteiger partial charge in [-0.25, -0.2) is 0 Å². The molecule has 0 saturated carbocycles. The predicted octanol–water partition coefficient (Wildman–Crippen LogP) is 2.50. The van der Waals surface area contributed by atoms with E-state index in [1.807, 2.05) is 32.0 Å². The number of benzene rings is 1. The average Bonchev–Trinajstić information content (AvgIpc) is 3.04. The van der Waals surface area contributed by atoms with Gasteiger partial charge in [-0.15, -0.1) is 12.4 Å². The number of aromatic nitrogens is 2. The number of Topliss-reactive ketones (excluding diaryl/α,β-unsaturated/α-hetero) is 1. The third kappa shape index (κ3) is 4.66. The first-order chi connectivity index (χ1) is 11.5. The molecule has 0 amide bonds. The highest BCUT2D eigenvalue weighted by atomic mass is 35.5. The molecular weight excluding hydrogens is 340 g/mol. The number of piperazine rings is 1. The lowest BCUT2D eigenvalue weighted by Gasteiger charge is -2.30. The Morgan fingerprint density at radius 1 is 1.36 bits per heavy atom. The van der Waals surface area contributed by atoms with Crippen molar-refractivity contribution in [1.29, 1.82) is 0 Å². The van der Waals surface area contributed by atoms with Crippen molar-refractivity contribution in [3.8, 4) is 0 Å². The number of hydrogen-bond donors (Lipinski definition) is 1. The van der Waals surface area contributed by atoms with Gasteiger partial charge in [-0.1, -0.05) is 17.3 Å². The molecule has 1 aromatic carbocycles. The molecule has 0 radical (unpaired) electrons. The standard InChI is InChI=1S/C18H24N4O2.ClH/c1-12-4-5-14(10-13(12)2)16(23)6-7-17-20-18(21-24-17)15-11-19-8-9-22(15)3;/h4-5,10,15,19H,6-9,11H2,1-3H3;1H. The zero-order valence-electron chi connectivity index (χ0n) is 14.9. The van der Waals surface area contributed by atoms with Gasteiger partial charge in [-0.2, -0.15) is 4.98 Å². The smallest absolute Gasteiger partial charge is 0.227 e. The lowest BCUT2D eigenvalue weighted by molar-refractivity contribution is 0.0979. The number of rotatable bonds is 5. The Morgan fingerprint density at radius 2 is 2.16 bits per heavy atom. The number of halogens is 1. The molecule has 1 saturated heterocycles. The largest absolute Gasteiger partial charge is 0.339 e. The molecule has 3 rings (SSSR count). The van der Waals surface area contributed by atoms with Crippen molar-refractivity contribution >= 4 is 18.2 Å². The molecule has 1 aromatic heterocycles. The fourth-order valence-electron chi connectivity index (χ4n) is 2.88. The number of carbonyl (C=O) groups is 1. The fraction of sp³-hybridized carbons (Fsp3) is 0.500. The molecule has 1 atom stereocenters. The molecule has 2 heterocycles. The van der Waals surface area contributed by atoms with Crippen molar-refractivity contribution in [2.24, 2.45) is 0 Å². The summed E-state index contributed by atoms with van der Waals surface area (Å²) in [6.07, 6.45) is 0.853. The summed E-state index contributed by atoms with van der Waals surface area (Å²) in [6.45, 7) is 6.81. The van der Waals surface area contributed by atoms with Gasteiger partial charge in [0.2, 0.25) is 5.89 Å². The Balaban J connectivity index is 0.00000225. The molecule has 0 aliphatic carbocycles. The summed E-state index contributed by atoms with van der Waals surface area (Å²) in [5.41, 5.74) is 3.07. The summed E-state index contributed by atoms with van der Waals surface area (Å²) in [5, 5.41) is 7.42. The first-order valence-corrected chi connectivity index (χ1v) is 8.38. The first-order valence-electron chi connectivity index (χ1n) is 8.38. The summed E-state index contributed by atoms with van der Waals surface area (Å²) < 4.78 is 5.33. The summed E-state index contributed by atoms with van der Waals surface area (Å²) in [7, 11) is 2.06. The molecule has 1 aliphatic heterocycles. The quantitative estimate of drug-likeness (QED) is 0.822. The number of hydrogen-bond acceptors (Lipinski definition) is 6. The third-order valence-corrected chi connectivity index (χ3v) is 4.69. The van der Waals surface area contributed by atoms with Crippen LogP contribution in [-0.2, 0) is 6.42 Å². The highest BCUT2D eigenvalue weighted by molar-refractivity contribution is 5.96. The zero-order valence-corrected chi connectivity index (χ0v) is 15.7. The first kappa shape index (κ1) is 19.6. The highest BCUT2D eigenvalue weighted by Crippen LogP contribution is 2.18. The van der Waals surface area contributed by atoms with E-state index in [0.717, 1.165) is 30.8 Å². The van der Waals surface area contributed by atoms with E-state index in [-0.39, 0.29) is 24.2 Å². The van der Waals surface area contributed by atoms with E-state index in [0.29, 0.717) is 24.6 Å². The molecule has 2 aromatic rings. The van der Waals surface area contributed by atoms with Crippen LogP contribution < -0.4 is 5.32 Å². The van der Waals surface area contributed by atoms with Gasteiger partial charge in [-0.3, -0.25) is 9.69 Å². The molecule has 1 unspecified atom stereocenters. The van der Waals surface area contributed by atoms with Gasteiger partial charge in [0.1, 0.15) is 0 Å². The van der Waals surface area contributed by atoms with Crippen LogP contribution in [-0.4, -0.2) is 47.5 Å². The molecule has 0 spiro atoms. The van der Waals surface area contributed by atoms with Crippen LogP contribution in [0.1, 0.15) is 45.7 Å². The second kappa shape index (κ2) is 8.56.